The molecule has 0 saturated heterocycles. The van der Waals surface area contributed by atoms with Crippen molar-refractivity contribution in [2.24, 2.45) is 7.05 Å². The van der Waals surface area contributed by atoms with E-state index in [1.165, 1.54) is 29.1 Å². The van der Waals surface area contributed by atoms with Gasteiger partial charge in [0, 0.05) is 25.0 Å². The monoisotopic (exact) mass is 255 g/mol. The third kappa shape index (κ3) is 2.37. The third-order valence-corrected chi connectivity index (χ3v) is 4.05. The first-order chi connectivity index (χ1) is 9.28. The van der Waals surface area contributed by atoms with Crippen LogP contribution < -0.4 is 5.32 Å². The van der Waals surface area contributed by atoms with Crippen LogP contribution in [0.1, 0.15) is 36.2 Å². The number of fused-ring (bicyclic) bond motifs is 1. The van der Waals surface area contributed by atoms with Crippen molar-refractivity contribution in [1.82, 2.24) is 9.78 Å². The number of aromatic nitrogens is 2. The van der Waals surface area contributed by atoms with Crippen LogP contribution in [0.15, 0.2) is 30.3 Å². The molecule has 100 valence electrons. The molecule has 1 aliphatic rings. The Bertz CT molecular complexity index is 571. The largest absolute Gasteiger partial charge is 0.385 e. The van der Waals surface area contributed by atoms with Gasteiger partial charge in [0.05, 0.1) is 5.69 Å². The van der Waals surface area contributed by atoms with Crippen LogP contribution in [-0.4, -0.2) is 16.3 Å². The molecule has 0 bridgehead atoms. The highest BCUT2D eigenvalue weighted by Crippen LogP contribution is 2.33. The Labute approximate surface area is 114 Å². The van der Waals surface area contributed by atoms with Gasteiger partial charge < -0.3 is 5.32 Å². The number of benzene rings is 1. The molecule has 3 nitrogen and oxygen atoms in total. The Kier molecular flexibility index (Phi) is 3.28. The first-order valence-corrected chi connectivity index (χ1v) is 7.12. The van der Waals surface area contributed by atoms with Gasteiger partial charge in [0.15, 0.2) is 0 Å². The maximum absolute atomic E-state index is 4.55. The third-order valence-electron chi connectivity index (χ3n) is 4.05. The molecule has 19 heavy (non-hydrogen) atoms. The number of para-hydroxylation sites is 1. The van der Waals surface area contributed by atoms with Crippen molar-refractivity contribution in [1.29, 1.82) is 0 Å². The fraction of sp³-hybridized carbons (Fsp3) is 0.438. The minimum Gasteiger partial charge on any atom is -0.385 e. The summed E-state index contributed by atoms with van der Waals surface area (Å²) in [7, 11) is 2.06. The van der Waals surface area contributed by atoms with Crippen LogP contribution in [0.2, 0.25) is 0 Å². The first-order valence-electron chi connectivity index (χ1n) is 7.12. The second-order valence-electron chi connectivity index (χ2n) is 5.31. The molecule has 1 aliphatic heterocycles. The zero-order chi connectivity index (χ0) is 13.2. The van der Waals surface area contributed by atoms with Crippen LogP contribution in [0.3, 0.4) is 0 Å². The molecule has 1 aromatic carbocycles. The number of aryl methyl sites for hydroxylation is 2. The van der Waals surface area contributed by atoms with Crippen molar-refractivity contribution in [3.63, 3.8) is 0 Å². The van der Waals surface area contributed by atoms with Crippen molar-refractivity contribution >= 4 is 5.69 Å². The summed E-state index contributed by atoms with van der Waals surface area (Å²) in [6.07, 6.45) is 3.29. The molecule has 0 aliphatic carbocycles. The lowest BCUT2D eigenvalue weighted by molar-refractivity contribution is 0.586. The molecule has 2 aromatic rings. The predicted molar refractivity (Wildman–Crippen MR) is 78.6 cm³/mol. The molecule has 1 N–H and O–H groups in total. The topological polar surface area (TPSA) is 29.9 Å². The SMILES string of the molecule is CCc1cc(CC2CCNc3ccccc32)n(C)n1. The van der Waals surface area contributed by atoms with Crippen LogP contribution in [-0.2, 0) is 19.9 Å². The molecule has 0 spiro atoms. The molecule has 3 heteroatoms. The molecule has 0 amide bonds. The molecule has 2 heterocycles. The number of anilines is 1. The molecular formula is C16H21N3. The molecular weight excluding hydrogens is 234 g/mol. The van der Waals surface area contributed by atoms with E-state index in [1.54, 1.807) is 0 Å². The van der Waals surface area contributed by atoms with Crippen molar-refractivity contribution in [3.05, 3.63) is 47.3 Å². The van der Waals surface area contributed by atoms with Crippen molar-refractivity contribution < 1.29 is 0 Å². The normalized spacial score (nSPS) is 17.9. The number of hydrogen-bond acceptors (Lipinski definition) is 2. The summed E-state index contributed by atoms with van der Waals surface area (Å²) in [5.41, 5.74) is 5.29. The van der Waals surface area contributed by atoms with E-state index in [1.807, 2.05) is 4.68 Å². The summed E-state index contributed by atoms with van der Waals surface area (Å²) < 4.78 is 2.05. The zero-order valence-electron chi connectivity index (χ0n) is 11.7. The van der Waals surface area contributed by atoms with Crippen LogP contribution in [0.4, 0.5) is 5.69 Å². The van der Waals surface area contributed by atoms with Gasteiger partial charge in [0.25, 0.3) is 0 Å². The van der Waals surface area contributed by atoms with E-state index < -0.39 is 0 Å². The highest BCUT2D eigenvalue weighted by atomic mass is 15.3. The number of nitrogens with one attached hydrogen (secondary N) is 1. The van der Waals surface area contributed by atoms with Crippen LogP contribution in [0.5, 0.6) is 0 Å². The van der Waals surface area contributed by atoms with Crippen molar-refractivity contribution in [2.45, 2.75) is 32.1 Å². The number of nitrogens with zero attached hydrogens (tertiary/aromatic N) is 2. The molecule has 3 rings (SSSR count). The Hall–Kier alpha value is -1.77. The lowest BCUT2D eigenvalue weighted by Crippen LogP contribution is -2.19. The van der Waals surface area contributed by atoms with Gasteiger partial charge in [-0.15, -0.1) is 0 Å². The van der Waals surface area contributed by atoms with Crippen LogP contribution in [0.25, 0.3) is 0 Å². The predicted octanol–water partition coefficient (Wildman–Crippen LogP) is 3.12. The quantitative estimate of drug-likeness (QED) is 0.913. The van der Waals surface area contributed by atoms with Gasteiger partial charge in [-0.3, -0.25) is 4.68 Å². The van der Waals surface area contributed by atoms with E-state index in [0.29, 0.717) is 5.92 Å². The molecule has 1 aromatic heterocycles. The zero-order valence-corrected chi connectivity index (χ0v) is 11.7. The van der Waals surface area contributed by atoms with E-state index in [0.717, 1.165) is 19.4 Å². The molecule has 1 unspecified atom stereocenters. The highest BCUT2D eigenvalue weighted by Gasteiger charge is 2.21. The van der Waals surface area contributed by atoms with E-state index in [9.17, 15) is 0 Å². The van der Waals surface area contributed by atoms with Gasteiger partial charge >= 0.3 is 0 Å². The van der Waals surface area contributed by atoms with E-state index in [-0.39, 0.29) is 0 Å². The second-order valence-corrected chi connectivity index (χ2v) is 5.31. The average molecular weight is 255 g/mol. The summed E-state index contributed by atoms with van der Waals surface area (Å²) in [5.74, 6) is 0.609. The Morgan fingerprint density at radius 3 is 3.00 bits per heavy atom. The lowest BCUT2D eigenvalue weighted by Gasteiger charge is -2.26. The fourth-order valence-electron chi connectivity index (χ4n) is 2.95. The molecule has 1 atom stereocenters. The van der Waals surface area contributed by atoms with E-state index >= 15 is 0 Å². The van der Waals surface area contributed by atoms with Crippen molar-refractivity contribution in [3.8, 4) is 0 Å². The molecule has 0 fully saturated rings. The van der Waals surface area contributed by atoms with Gasteiger partial charge in [-0.1, -0.05) is 25.1 Å². The van der Waals surface area contributed by atoms with Gasteiger partial charge in [-0.25, -0.2) is 0 Å². The maximum Gasteiger partial charge on any atom is 0.0624 e. The summed E-state index contributed by atoms with van der Waals surface area (Å²) in [6, 6.07) is 10.9. The summed E-state index contributed by atoms with van der Waals surface area (Å²) in [5, 5.41) is 8.04. The fourth-order valence-corrected chi connectivity index (χ4v) is 2.95. The molecule has 0 radical (unpaired) electrons. The summed E-state index contributed by atoms with van der Waals surface area (Å²) in [4.78, 5) is 0. The minimum atomic E-state index is 0.609. The van der Waals surface area contributed by atoms with Gasteiger partial charge in [0.1, 0.15) is 0 Å². The molecule has 0 saturated carbocycles. The van der Waals surface area contributed by atoms with Gasteiger partial charge in [-0.05, 0) is 42.9 Å². The minimum absolute atomic E-state index is 0.609. The van der Waals surface area contributed by atoms with E-state index in [4.69, 9.17) is 0 Å². The average Bonchev–Trinajstić information content (AvgIpc) is 2.80. The van der Waals surface area contributed by atoms with Crippen molar-refractivity contribution in [2.75, 3.05) is 11.9 Å². The standard InChI is InChI=1S/C16H21N3/c1-3-13-11-14(19(2)18-13)10-12-8-9-17-16-7-5-4-6-15(12)16/h4-7,11-12,17H,3,8-10H2,1-2H3. The lowest BCUT2D eigenvalue weighted by atomic mass is 9.87. The Morgan fingerprint density at radius 2 is 2.21 bits per heavy atom. The van der Waals surface area contributed by atoms with Gasteiger partial charge in [-0.2, -0.15) is 5.10 Å². The Morgan fingerprint density at radius 1 is 1.37 bits per heavy atom. The first kappa shape index (κ1) is 12.3. The maximum atomic E-state index is 4.55. The van der Waals surface area contributed by atoms with Crippen LogP contribution >= 0.6 is 0 Å². The summed E-state index contributed by atoms with van der Waals surface area (Å²) in [6.45, 7) is 3.23. The van der Waals surface area contributed by atoms with Crippen LogP contribution in [0, 0.1) is 0 Å². The smallest absolute Gasteiger partial charge is 0.0624 e. The summed E-state index contributed by atoms with van der Waals surface area (Å²) >= 11 is 0. The van der Waals surface area contributed by atoms with Gasteiger partial charge in [0.2, 0.25) is 0 Å². The highest BCUT2D eigenvalue weighted by molar-refractivity contribution is 5.54. The number of hydrogen-bond donors (Lipinski definition) is 1. The number of rotatable bonds is 3. The Balaban J connectivity index is 1.86. The second kappa shape index (κ2) is 5.08. The van der Waals surface area contributed by atoms with E-state index in [2.05, 4.69) is 54.7 Å².